The molecule has 108 valence electrons. The van der Waals surface area contributed by atoms with E-state index >= 15 is 0 Å². The highest BCUT2D eigenvalue weighted by molar-refractivity contribution is 5.73. The van der Waals surface area contributed by atoms with Gasteiger partial charge in [-0.3, -0.25) is 9.69 Å². The Hall–Kier alpha value is -0.570. The molecule has 0 radical (unpaired) electrons. The molecule has 3 nitrogen and oxygen atoms in total. The normalized spacial score (nSPS) is 32.7. The SMILES string of the molecule is O=C(O)C1CCCCN1C1CCC2(CCCC2)CC1. The summed E-state index contributed by atoms with van der Waals surface area (Å²) in [4.78, 5) is 13.7. The van der Waals surface area contributed by atoms with Crippen LogP contribution < -0.4 is 0 Å². The van der Waals surface area contributed by atoms with E-state index in [1.165, 1.54) is 57.8 Å². The zero-order valence-electron chi connectivity index (χ0n) is 11.9. The van der Waals surface area contributed by atoms with Crippen LogP contribution in [-0.2, 0) is 4.79 Å². The van der Waals surface area contributed by atoms with Gasteiger partial charge in [-0.2, -0.15) is 0 Å². The number of carboxylic acid groups (broad SMARTS) is 1. The van der Waals surface area contributed by atoms with E-state index in [4.69, 9.17) is 0 Å². The van der Waals surface area contributed by atoms with Crippen LogP contribution in [0.5, 0.6) is 0 Å². The van der Waals surface area contributed by atoms with Crippen LogP contribution in [0.3, 0.4) is 0 Å². The van der Waals surface area contributed by atoms with Crippen molar-refractivity contribution >= 4 is 5.97 Å². The van der Waals surface area contributed by atoms with Crippen LogP contribution in [0.15, 0.2) is 0 Å². The fourth-order valence-corrected chi connectivity index (χ4v) is 4.83. The smallest absolute Gasteiger partial charge is 0.320 e. The summed E-state index contributed by atoms with van der Waals surface area (Å²) in [7, 11) is 0. The molecule has 0 aromatic rings. The van der Waals surface area contributed by atoms with Crippen LogP contribution >= 0.6 is 0 Å². The van der Waals surface area contributed by atoms with Crippen molar-refractivity contribution in [1.29, 1.82) is 0 Å². The molecule has 0 aromatic heterocycles. The first-order valence-corrected chi connectivity index (χ1v) is 8.19. The Bertz CT molecular complexity index is 326. The summed E-state index contributed by atoms with van der Waals surface area (Å²) in [5.74, 6) is -0.596. The fraction of sp³-hybridized carbons (Fsp3) is 0.938. The summed E-state index contributed by atoms with van der Waals surface area (Å²) in [6.07, 6.45) is 14.0. The van der Waals surface area contributed by atoms with Gasteiger partial charge < -0.3 is 5.11 Å². The minimum atomic E-state index is -0.596. The molecule has 2 aliphatic carbocycles. The van der Waals surface area contributed by atoms with Crippen molar-refractivity contribution in [3.63, 3.8) is 0 Å². The zero-order valence-corrected chi connectivity index (χ0v) is 11.9. The van der Waals surface area contributed by atoms with E-state index in [9.17, 15) is 9.90 Å². The second-order valence-corrected chi connectivity index (χ2v) is 7.03. The molecular weight excluding hydrogens is 238 g/mol. The average molecular weight is 265 g/mol. The monoisotopic (exact) mass is 265 g/mol. The summed E-state index contributed by atoms with van der Waals surface area (Å²) in [5, 5.41) is 9.40. The zero-order chi connectivity index (χ0) is 13.3. The van der Waals surface area contributed by atoms with Gasteiger partial charge in [0.2, 0.25) is 0 Å². The molecule has 3 rings (SSSR count). The van der Waals surface area contributed by atoms with Crippen LogP contribution in [-0.4, -0.2) is 34.6 Å². The molecule has 3 heteroatoms. The molecule has 3 aliphatic rings. The molecule has 1 saturated heterocycles. The van der Waals surface area contributed by atoms with Gasteiger partial charge >= 0.3 is 5.97 Å². The van der Waals surface area contributed by atoms with E-state index in [0.717, 1.165) is 19.4 Å². The van der Waals surface area contributed by atoms with Crippen molar-refractivity contribution in [3.8, 4) is 0 Å². The topological polar surface area (TPSA) is 40.5 Å². The molecule has 1 heterocycles. The van der Waals surface area contributed by atoms with Crippen molar-refractivity contribution < 1.29 is 9.90 Å². The van der Waals surface area contributed by atoms with Gasteiger partial charge in [0.1, 0.15) is 6.04 Å². The number of nitrogens with zero attached hydrogens (tertiary/aromatic N) is 1. The van der Waals surface area contributed by atoms with Crippen LogP contribution in [0.4, 0.5) is 0 Å². The number of rotatable bonds is 2. The summed E-state index contributed by atoms with van der Waals surface area (Å²) in [6.45, 7) is 1.01. The van der Waals surface area contributed by atoms with Gasteiger partial charge in [0.15, 0.2) is 0 Å². The maximum atomic E-state index is 11.4. The molecule has 1 N–H and O–H groups in total. The first-order chi connectivity index (χ1) is 9.20. The highest BCUT2D eigenvalue weighted by atomic mass is 16.4. The van der Waals surface area contributed by atoms with Crippen molar-refractivity contribution in [2.75, 3.05) is 6.54 Å². The third kappa shape index (κ3) is 2.67. The molecule has 19 heavy (non-hydrogen) atoms. The average Bonchev–Trinajstić information content (AvgIpc) is 2.88. The number of carboxylic acids is 1. The Balaban J connectivity index is 1.61. The van der Waals surface area contributed by atoms with E-state index in [2.05, 4.69) is 4.90 Å². The fourth-order valence-electron chi connectivity index (χ4n) is 4.83. The standard InChI is InChI=1S/C16H27NO2/c18-15(19)14-5-1-4-12-17(14)13-6-10-16(11-7-13)8-2-3-9-16/h13-14H,1-12H2,(H,18,19). The lowest BCUT2D eigenvalue weighted by atomic mass is 9.71. The Kier molecular flexibility index (Phi) is 3.84. The summed E-state index contributed by atoms with van der Waals surface area (Å²) in [6, 6.07) is 0.351. The Morgan fingerprint density at radius 1 is 0.947 bits per heavy atom. The lowest BCUT2D eigenvalue weighted by Gasteiger charge is -2.45. The van der Waals surface area contributed by atoms with Crippen LogP contribution in [0.1, 0.15) is 70.6 Å². The molecule has 1 unspecified atom stereocenters. The molecule has 0 aromatic carbocycles. The number of likely N-dealkylation sites (tertiary alicyclic amines) is 1. The van der Waals surface area contributed by atoms with Gasteiger partial charge in [0.05, 0.1) is 0 Å². The lowest BCUT2D eigenvalue weighted by molar-refractivity contribution is -0.146. The van der Waals surface area contributed by atoms with Crippen LogP contribution in [0, 0.1) is 5.41 Å². The predicted molar refractivity (Wildman–Crippen MR) is 75.1 cm³/mol. The summed E-state index contributed by atoms with van der Waals surface area (Å²) >= 11 is 0. The quantitative estimate of drug-likeness (QED) is 0.831. The largest absolute Gasteiger partial charge is 0.480 e. The van der Waals surface area contributed by atoms with Gasteiger partial charge in [-0.05, 0) is 63.3 Å². The molecule has 0 amide bonds. The molecule has 1 aliphatic heterocycles. The predicted octanol–water partition coefficient (Wildman–Crippen LogP) is 3.43. The van der Waals surface area contributed by atoms with Gasteiger partial charge in [0.25, 0.3) is 0 Å². The summed E-state index contributed by atoms with van der Waals surface area (Å²) < 4.78 is 0. The molecule has 1 spiro atoms. The minimum absolute atomic E-state index is 0.198. The van der Waals surface area contributed by atoms with E-state index in [1.54, 1.807) is 0 Å². The Labute approximate surface area is 116 Å². The second-order valence-electron chi connectivity index (χ2n) is 7.03. The third-order valence-corrected chi connectivity index (χ3v) is 5.98. The Morgan fingerprint density at radius 2 is 1.63 bits per heavy atom. The van der Waals surface area contributed by atoms with Crippen LogP contribution in [0.2, 0.25) is 0 Å². The number of hydrogen-bond acceptors (Lipinski definition) is 2. The molecule has 3 fully saturated rings. The van der Waals surface area contributed by atoms with E-state index in [1.807, 2.05) is 0 Å². The molecule has 0 bridgehead atoms. The molecule has 1 atom stereocenters. The lowest BCUT2D eigenvalue weighted by Crippen LogP contribution is -2.51. The second kappa shape index (κ2) is 5.43. The van der Waals surface area contributed by atoms with Gasteiger partial charge in [-0.1, -0.05) is 19.3 Å². The Morgan fingerprint density at radius 3 is 2.26 bits per heavy atom. The highest BCUT2D eigenvalue weighted by Crippen LogP contribution is 2.49. The highest BCUT2D eigenvalue weighted by Gasteiger charge is 2.41. The maximum Gasteiger partial charge on any atom is 0.320 e. The third-order valence-electron chi connectivity index (χ3n) is 5.98. The van der Waals surface area contributed by atoms with Crippen molar-refractivity contribution in [2.24, 2.45) is 5.41 Å². The number of aliphatic carboxylic acids is 1. The first kappa shape index (κ1) is 13.4. The van der Waals surface area contributed by atoms with E-state index in [0.29, 0.717) is 11.5 Å². The van der Waals surface area contributed by atoms with Gasteiger partial charge in [0, 0.05) is 6.04 Å². The van der Waals surface area contributed by atoms with E-state index < -0.39 is 5.97 Å². The van der Waals surface area contributed by atoms with Crippen molar-refractivity contribution in [3.05, 3.63) is 0 Å². The number of carbonyl (C=O) groups is 1. The minimum Gasteiger partial charge on any atom is -0.480 e. The first-order valence-electron chi connectivity index (χ1n) is 8.19. The van der Waals surface area contributed by atoms with Crippen LogP contribution in [0.25, 0.3) is 0 Å². The van der Waals surface area contributed by atoms with Gasteiger partial charge in [-0.25, -0.2) is 0 Å². The number of piperidine rings is 1. The summed E-state index contributed by atoms with van der Waals surface area (Å²) in [5.41, 5.74) is 0.658. The maximum absolute atomic E-state index is 11.4. The molecule has 2 saturated carbocycles. The van der Waals surface area contributed by atoms with Gasteiger partial charge in [-0.15, -0.1) is 0 Å². The number of hydrogen-bond donors (Lipinski definition) is 1. The van der Waals surface area contributed by atoms with Crippen molar-refractivity contribution in [1.82, 2.24) is 4.90 Å². The van der Waals surface area contributed by atoms with Crippen molar-refractivity contribution in [2.45, 2.75) is 82.7 Å². The van der Waals surface area contributed by atoms with E-state index in [-0.39, 0.29) is 6.04 Å². The molecular formula is C16H27NO2.